The number of benzene rings is 1. The Balaban J connectivity index is 1.45. The second kappa shape index (κ2) is 8.08. The molecule has 3 aromatic rings. The van der Waals surface area contributed by atoms with Gasteiger partial charge in [-0.25, -0.2) is 0 Å². The molecule has 4 rings (SSSR count). The summed E-state index contributed by atoms with van der Waals surface area (Å²) in [5.41, 5.74) is 3.23. The summed E-state index contributed by atoms with van der Waals surface area (Å²) in [7, 11) is 0. The molecule has 0 atom stereocenters. The van der Waals surface area contributed by atoms with Crippen molar-refractivity contribution in [2.75, 3.05) is 31.1 Å². The molecule has 3 heterocycles. The van der Waals surface area contributed by atoms with E-state index in [1.54, 1.807) is 18.3 Å². The molecule has 0 spiro atoms. The predicted octanol–water partition coefficient (Wildman–Crippen LogP) is 2.26. The minimum absolute atomic E-state index is 0.0255. The van der Waals surface area contributed by atoms with Gasteiger partial charge in [-0.1, -0.05) is 36.4 Å². The van der Waals surface area contributed by atoms with Crippen LogP contribution >= 0.6 is 0 Å². The van der Waals surface area contributed by atoms with Crippen molar-refractivity contribution >= 4 is 11.6 Å². The molecule has 28 heavy (non-hydrogen) atoms. The molecule has 0 radical (unpaired) electrons. The van der Waals surface area contributed by atoms with E-state index in [-0.39, 0.29) is 18.0 Å². The minimum Gasteiger partial charge on any atom is -0.366 e. The number of aromatic nitrogens is 2. The van der Waals surface area contributed by atoms with Crippen molar-refractivity contribution in [3.05, 3.63) is 83.5 Å². The van der Waals surface area contributed by atoms with E-state index in [1.165, 1.54) is 10.6 Å². The molecule has 1 aliphatic rings. The van der Waals surface area contributed by atoms with Gasteiger partial charge in [0.1, 0.15) is 6.54 Å². The summed E-state index contributed by atoms with van der Waals surface area (Å²) in [6.07, 6.45) is 5.35. The van der Waals surface area contributed by atoms with Crippen molar-refractivity contribution in [2.45, 2.75) is 6.54 Å². The Labute approximate surface area is 163 Å². The Morgan fingerprint density at radius 3 is 2.43 bits per heavy atom. The van der Waals surface area contributed by atoms with Gasteiger partial charge in [-0.2, -0.15) is 0 Å². The largest absolute Gasteiger partial charge is 0.366 e. The van der Waals surface area contributed by atoms with Gasteiger partial charge in [-0.05, 0) is 17.7 Å². The first kappa shape index (κ1) is 18.0. The molecule has 6 heteroatoms. The van der Waals surface area contributed by atoms with Crippen molar-refractivity contribution in [3.63, 3.8) is 0 Å². The normalized spacial score (nSPS) is 14.1. The highest BCUT2D eigenvalue weighted by Crippen LogP contribution is 2.30. The molecule has 0 bridgehead atoms. The van der Waals surface area contributed by atoms with Gasteiger partial charge < -0.3 is 14.4 Å². The average Bonchev–Trinajstić information content (AvgIpc) is 2.76. The molecule has 1 fully saturated rings. The van der Waals surface area contributed by atoms with E-state index in [0.717, 1.165) is 29.9 Å². The lowest BCUT2D eigenvalue weighted by molar-refractivity contribution is -0.132. The lowest BCUT2D eigenvalue weighted by Gasteiger charge is -2.37. The predicted molar refractivity (Wildman–Crippen MR) is 109 cm³/mol. The number of anilines is 1. The third kappa shape index (κ3) is 3.81. The van der Waals surface area contributed by atoms with Crippen LogP contribution in [-0.4, -0.2) is 46.5 Å². The fourth-order valence-electron chi connectivity index (χ4n) is 3.53. The van der Waals surface area contributed by atoms with Crippen molar-refractivity contribution in [1.29, 1.82) is 0 Å². The van der Waals surface area contributed by atoms with Crippen LogP contribution in [0.4, 0.5) is 5.69 Å². The summed E-state index contributed by atoms with van der Waals surface area (Å²) in [5, 5.41) is 0. The summed E-state index contributed by atoms with van der Waals surface area (Å²) in [5.74, 6) is -0.0255. The van der Waals surface area contributed by atoms with Gasteiger partial charge in [0, 0.05) is 50.2 Å². The second-order valence-corrected chi connectivity index (χ2v) is 6.79. The van der Waals surface area contributed by atoms with Crippen molar-refractivity contribution < 1.29 is 4.79 Å². The van der Waals surface area contributed by atoms with Crippen molar-refractivity contribution in [2.24, 2.45) is 0 Å². The number of piperazine rings is 1. The Kier molecular flexibility index (Phi) is 5.19. The quantitative estimate of drug-likeness (QED) is 0.703. The lowest BCUT2D eigenvalue weighted by Crippen LogP contribution is -2.50. The second-order valence-electron chi connectivity index (χ2n) is 6.79. The summed E-state index contributed by atoms with van der Waals surface area (Å²) in [4.78, 5) is 32.8. The molecule has 0 aliphatic carbocycles. The number of nitrogens with zero attached hydrogens (tertiary/aromatic N) is 4. The van der Waals surface area contributed by atoms with Gasteiger partial charge in [-0.15, -0.1) is 0 Å². The Bertz CT molecular complexity index is 1010. The van der Waals surface area contributed by atoms with E-state index in [0.29, 0.717) is 13.1 Å². The molecule has 2 aromatic heterocycles. The van der Waals surface area contributed by atoms with Crippen LogP contribution in [-0.2, 0) is 11.3 Å². The zero-order valence-corrected chi connectivity index (χ0v) is 15.6. The number of carbonyl (C=O) groups is 1. The summed E-state index contributed by atoms with van der Waals surface area (Å²) in [6, 6.07) is 17.2. The first-order valence-corrected chi connectivity index (χ1v) is 9.40. The van der Waals surface area contributed by atoms with Crippen LogP contribution in [0.25, 0.3) is 11.1 Å². The first-order chi connectivity index (χ1) is 13.7. The minimum atomic E-state index is -0.155. The molecule has 142 valence electrons. The van der Waals surface area contributed by atoms with Crippen molar-refractivity contribution in [3.8, 4) is 11.1 Å². The van der Waals surface area contributed by atoms with Crippen molar-refractivity contribution in [1.82, 2.24) is 14.5 Å². The smallest absolute Gasteiger partial charge is 0.250 e. The monoisotopic (exact) mass is 374 g/mol. The maximum atomic E-state index is 12.6. The number of pyridine rings is 2. The van der Waals surface area contributed by atoms with Gasteiger partial charge in [-0.3, -0.25) is 14.6 Å². The third-order valence-corrected chi connectivity index (χ3v) is 5.06. The number of amides is 1. The summed E-state index contributed by atoms with van der Waals surface area (Å²) in [6.45, 7) is 2.82. The van der Waals surface area contributed by atoms with Gasteiger partial charge in [0.2, 0.25) is 5.91 Å². The van der Waals surface area contributed by atoms with Crippen LogP contribution in [0.2, 0.25) is 0 Å². The number of carbonyl (C=O) groups excluding carboxylic acids is 1. The highest BCUT2D eigenvalue weighted by Gasteiger charge is 2.23. The first-order valence-electron chi connectivity index (χ1n) is 9.40. The van der Waals surface area contributed by atoms with Crippen LogP contribution in [0.5, 0.6) is 0 Å². The molecule has 1 saturated heterocycles. The third-order valence-electron chi connectivity index (χ3n) is 5.06. The number of hydrogen-bond donors (Lipinski definition) is 0. The van der Waals surface area contributed by atoms with Gasteiger partial charge >= 0.3 is 0 Å². The molecule has 6 nitrogen and oxygen atoms in total. The van der Waals surface area contributed by atoms with E-state index >= 15 is 0 Å². The maximum Gasteiger partial charge on any atom is 0.250 e. The van der Waals surface area contributed by atoms with Crippen LogP contribution in [0, 0.1) is 0 Å². The van der Waals surface area contributed by atoms with Crippen LogP contribution in [0.1, 0.15) is 0 Å². The highest BCUT2D eigenvalue weighted by molar-refractivity contribution is 5.79. The van der Waals surface area contributed by atoms with Gasteiger partial charge in [0.15, 0.2) is 0 Å². The van der Waals surface area contributed by atoms with Crippen LogP contribution < -0.4 is 10.5 Å². The molecular weight excluding hydrogens is 352 g/mol. The average molecular weight is 374 g/mol. The molecule has 0 unspecified atom stereocenters. The maximum absolute atomic E-state index is 12.6. The fourth-order valence-corrected chi connectivity index (χ4v) is 3.53. The topological polar surface area (TPSA) is 58.4 Å². The van der Waals surface area contributed by atoms with E-state index < -0.39 is 0 Å². The molecule has 0 N–H and O–H groups in total. The molecular formula is C22H22N4O2. The Hall–Kier alpha value is -3.41. The van der Waals surface area contributed by atoms with Gasteiger partial charge in [0.05, 0.1) is 11.9 Å². The highest BCUT2D eigenvalue weighted by atomic mass is 16.2. The van der Waals surface area contributed by atoms with Crippen LogP contribution in [0.15, 0.2) is 78.0 Å². The Morgan fingerprint density at radius 1 is 0.929 bits per heavy atom. The molecule has 1 aliphatic heterocycles. The zero-order valence-electron chi connectivity index (χ0n) is 15.6. The Morgan fingerprint density at radius 2 is 1.68 bits per heavy atom. The van der Waals surface area contributed by atoms with E-state index in [4.69, 9.17) is 0 Å². The number of hydrogen-bond acceptors (Lipinski definition) is 4. The summed E-state index contributed by atoms with van der Waals surface area (Å²) < 4.78 is 1.45. The van der Waals surface area contributed by atoms with E-state index in [2.05, 4.69) is 22.0 Å². The zero-order chi connectivity index (χ0) is 19.3. The summed E-state index contributed by atoms with van der Waals surface area (Å²) >= 11 is 0. The van der Waals surface area contributed by atoms with E-state index in [1.807, 2.05) is 41.6 Å². The fraction of sp³-hybridized carbons (Fsp3) is 0.227. The number of rotatable bonds is 4. The standard InChI is InChI=1S/C22H22N4O2/c27-21-8-4-5-11-26(21)17-22(28)25-14-12-24(13-15-25)20-16-23-10-9-19(20)18-6-2-1-3-7-18/h1-11,16H,12-15,17H2. The molecule has 0 saturated carbocycles. The van der Waals surface area contributed by atoms with Crippen LogP contribution in [0.3, 0.4) is 0 Å². The molecule has 1 amide bonds. The SMILES string of the molecule is O=C(Cn1ccccc1=O)N1CCN(c2cnccc2-c2ccccc2)CC1. The lowest BCUT2D eigenvalue weighted by atomic mass is 10.0. The van der Waals surface area contributed by atoms with E-state index in [9.17, 15) is 9.59 Å². The van der Waals surface area contributed by atoms with Gasteiger partial charge in [0.25, 0.3) is 5.56 Å². The molecule has 1 aromatic carbocycles.